The van der Waals surface area contributed by atoms with E-state index in [0.29, 0.717) is 24.2 Å². The molecule has 1 amide bonds. The molecular weight excluding hydrogens is 265 g/mol. The van der Waals surface area contributed by atoms with Gasteiger partial charge in [-0.15, -0.1) is 0 Å². The molecule has 1 saturated heterocycles. The van der Waals surface area contributed by atoms with E-state index in [0.717, 1.165) is 5.75 Å². The topological polar surface area (TPSA) is 49.3 Å². The fourth-order valence-corrected chi connectivity index (χ4v) is 3.33. The Balaban J connectivity index is 1.74. The molecule has 1 fully saturated rings. The van der Waals surface area contributed by atoms with Crippen LogP contribution in [-0.4, -0.2) is 34.7 Å². The first-order chi connectivity index (χ1) is 9.09. The van der Waals surface area contributed by atoms with E-state index in [1.54, 1.807) is 30.0 Å². The second-order valence-electron chi connectivity index (χ2n) is 4.90. The maximum absolute atomic E-state index is 13.4. The highest BCUT2D eigenvalue weighted by molar-refractivity contribution is 7.99. The highest BCUT2D eigenvalue weighted by Crippen LogP contribution is 2.26. The van der Waals surface area contributed by atoms with Crippen LogP contribution < -0.4 is 5.32 Å². The summed E-state index contributed by atoms with van der Waals surface area (Å²) in [7, 11) is 0. The van der Waals surface area contributed by atoms with Crippen molar-refractivity contribution in [1.29, 1.82) is 0 Å². The molecule has 1 atom stereocenters. The highest BCUT2D eigenvalue weighted by atomic mass is 32.2. The molecule has 1 aliphatic rings. The Labute approximate surface area is 116 Å². The molecule has 0 radical (unpaired) electrons. The lowest BCUT2D eigenvalue weighted by molar-refractivity contribution is -0.122. The number of benzene rings is 1. The van der Waals surface area contributed by atoms with Crippen molar-refractivity contribution in [2.45, 2.75) is 24.9 Å². The van der Waals surface area contributed by atoms with Gasteiger partial charge >= 0.3 is 0 Å². The van der Waals surface area contributed by atoms with Gasteiger partial charge in [-0.25, -0.2) is 4.39 Å². The van der Waals surface area contributed by atoms with Crippen molar-refractivity contribution in [2.24, 2.45) is 0 Å². The summed E-state index contributed by atoms with van der Waals surface area (Å²) >= 11 is 1.69. The van der Waals surface area contributed by atoms with Gasteiger partial charge in [-0.05, 0) is 30.2 Å². The van der Waals surface area contributed by atoms with Gasteiger partial charge in [-0.1, -0.05) is 18.2 Å². The third-order valence-electron chi connectivity index (χ3n) is 3.28. The minimum Gasteiger partial charge on any atom is -0.387 e. The predicted molar refractivity (Wildman–Crippen MR) is 74.6 cm³/mol. The number of halogens is 1. The van der Waals surface area contributed by atoms with Gasteiger partial charge in [0.25, 0.3) is 0 Å². The SMILES string of the molecule is O=C(CCc1ccccc1F)NCC1(O)CCSC1. The summed E-state index contributed by atoms with van der Waals surface area (Å²) in [6, 6.07) is 6.47. The maximum atomic E-state index is 13.4. The van der Waals surface area contributed by atoms with Crippen LogP contribution in [0.2, 0.25) is 0 Å². The first-order valence-corrected chi connectivity index (χ1v) is 7.55. The third-order valence-corrected chi connectivity index (χ3v) is 4.51. The van der Waals surface area contributed by atoms with E-state index >= 15 is 0 Å². The first kappa shape index (κ1) is 14.3. The van der Waals surface area contributed by atoms with Crippen molar-refractivity contribution in [2.75, 3.05) is 18.1 Å². The molecule has 0 aromatic heterocycles. The van der Waals surface area contributed by atoms with Crippen molar-refractivity contribution in [1.82, 2.24) is 5.32 Å². The second-order valence-corrected chi connectivity index (χ2v) is 6.00. The van der Waals surface area contributed by atoms with Crippen LogP contribution >= 0.6 is 11.8 Å². The number of carbonyl (C=O) groups excluding carboxylic acids is 1. The standard InChI is InChI=1S/C14H18FNO2S/c15-12-4-2-1-3-11(12)5-6-13(17)16-9-14(18)7-8-19-10-14/h1-4,18H,5-10H2,(H,16,17). The van der Waals surface area contributed by atoms with Gasteiger partial charge in [-0.2, -0.15) is 11.8 Å². The normalized spacial score (nSPS) is 22.4. The fraction of sp³-hybridized carbons (Fsp3) is 0.500. The lowest BCUT2D eigenvalue weighted by Gasteiger charge is -2.21. The number of aryl methyl sites for hydroxylation is 1. The van der Waals surface area contributed by atoms with Crippen LogP contribution in [0.4, 0.5) is 4.39 Å². The van der Waals surface area contributed by atoms with Crippen LogP contribution in [0, 0.1) is 5.82 Å². The van der Waals surface area contributed by atoms with E-state index in [1.165, 1.54) is 6.07 Å². The Hall–Kier alpha value is -1.07. The summed E-state index contributed by atoms with van der Waals surface area (Å²) in [4.78, 5) is 11.7. The van der Waals surface area contributed by atoms with E-state index in [-0.39, 0.29) is 24.7 Å². The minimum absolute atomic E-state index is 0.145. The van der Waals surface area contributed by atoms with Gasteiger partial charge in [0.1, 0.15) is 5.82 Å². The van der Waals surface area contributed by atoms with Gasteiger partial charge in [0.15, 0.2) is 0 Å². The van der Waals surface area contributed by atoms with E-state index in [1.807, 2.05) is 0 Å². The molecule has 1 aromatic carbocycles. The minimum atomic E-state index is -0.766. The van der Waals surface area contributed by atoms with Crippen molar-refractivity contribution in [3.8, 4) is 0 Å². The number of nitrogens with one attached hydrogen (secondary N) is 1. The Kier molecular flexibility index (Phi) is 4.82. The molecule has 104 valence electrons. The summed E-state index contributed by atoms with van der Waals surface area (Å²) < 4.78 is 13.4. The molecule has 3 nitrogen and oxygen atoms in total. The van der Waals surface area contributed by atoms with Crippen molar-refractivity contribution >= 4 is 17.7 Å². The molecule has 1 heterocycles. The lowest BCUT2D eigenvalue weighted by atomic mass is 10.0. The smallest absolute Gasteiger partial charge is 0.220 e. The van der Waals surface area contributed by atoms with Crippen molar-refractivity contribution in [3.05, 3.63) is 35.6 Å². The molecule has 0 bridgehead atoms. The molecule has 0 spiro atoms. The number of carbonyl (C=O) groups is 1. The fourth-order valence-electron chi connectivity index (χ4n) is 2.04. The van der Waals surface area contributed by atoms with Gasteiger partial charge in [0.2, 0.25) is 5.91 Å². The summed E-state index contributed by atoms with van der Waals surface area (Å²) in [6.07, 6.45) is 1.33. The number of rotatable bonds is 5. The van der Waals surface area contributed by atoms with E-state index in [9.17, 15) is 14.3 Å². The number of amides is 1. The average molecular weight is 283 g/mol. The van der Waals surface area contributed by atoms with Crippen LogP contribution in [-0.2, 0) is 11.2 Å². The van der Waals surface area contributed by atoms with Gasteiger partial charge in [0.05, 0.1) is 5.60 Å². The zero-order valence-electron chi connectivity index (χ0n) is 10.7. The van der Waals surface area contributed by atoms with Crippen molar-refractivity contribution < 1.29 is 14.3 Å². The Morgan fingerprint density at radius 3 is 2.95 bits per heavy atom. The quantitative estimate of drug-likeness (QED) is 0.865. The molecular formula is C14H18FNO2S. The van der Waals surface area contributed by atoms with Gasteiger partial charge < -0.3 is 10.4 Å². The molecule has 2 N–H and O–H groups in total. The van der Waals surface area contributed by atoms with Crippen LogP contribution in [0.25, 0.3) is 0 Å². The van der Waals surface area contributed by atoms with E-state index in [4.69, 9.17) is 0 Å². The lowest BCUT2D eigenvalue weighted by Crippen LogP contribution is -2.43. The van der Waals surface area contributed by atoms with Crippen LogP contribution in [0.15, 0.2) is 24.3 Å². The highest BCUT2D eigenvalue weighted by Gasteiger charge is 2.31. The van der Waals surface area contributed by atoms with Crippen LogP contribution in [0.1, 0.15) is 18.4 Å². The molecule has 19 heavy (non-hydrogen) atoms. The van der Waals surface area contributed by atoms with Gasteiger partial charge in [0, 0.05) is 18.7 Å². The number of aliphatic hydroxyl groups is 1. The largest absolute Gasteiger partial charge is 0.387 e. The summed E-state index contributed by atoms with van der Waals surface area (Å²) in [6.45, 7) is 0.288. The Morgan fingerprint density at radius 1 is 1.47 bits per heavy atom. The summed E-state index contributed by atoms with van der Waals surface area (Å²) in [5, 5.41) is 12.8. The number of hydrogen-bond acceptors (Lipinski definition) is 3. The molecule has 1 aromatic rings. The molecule has 2 rings (SSSR count). The monoisotopic (exact) mass is 283 g/mol. The molecule has 0 saturated carbocycles. The number of hydrogen-bond donors (Lipinski definition) is 2. The Bertz CT molecular complexity index is 447. The van der Waals surface area contributed by atoms with Crippen LogP contribution in [0.5, 0.6) is 0 Å². The van der Waals surface area contributed by atoms with E-state index in [2.05, 4.69) is 5.32 Å². The first-order valence-electron chi connectivity index (χ1n) is 6.39. The molecule has 1 unspecified atom stereocenters. The zero-order valence-corrected chi connectivity index (χ0v) is 11.5. The van der Waals surface area contributed by atoms with Crippen LogP contribution in [0.3, 0.4) is 0 Å². The van der Waals surface area contributed by atoms with Crippen molar-refractivity contribution in [3.63, 3.8) is 0 Å². The maximum Gasteiger partial charge on any atom is 0.220 e. The summed E-state index contributed by atoms with van der Waals surface area (Å²) in [5.41, 5.74) is -0.217. The Morgan fingerprint density at radius 2 is 2.26 bits per heavy atom. The third kappa shape index (κ3) is 4.21. The molecule has 1 aliphatic heterocycles. The summed E-state index contributed by atoms with van der Waals surface area (Å²) in [5.74, 6) is 1.18. The van der Waals surface area contributed by atoms with E-state index < -0.39 is 5.60 Å². The zero-order chi connectivity index (χ0) is 13.7. The van der Waals surface area contributed by atoms with Gasteiger partial charge in [-0.3, -0.25) is 4.79 Å². The second kappa shape index (κ2) is 6.39. The number of thioether (sulfide) groups is 1. The molecule has 5 heteroatoms. The average Bonchev–Trinajstić information content (AvgIpc) is 2.83. The predicted octanol–water partition coefficient (Wildman–Crippen LogP) is 1.74. The molecule has 0 aliphatic carbocycles.